The van der Waals surface area contributed by atoms with Crippen molar-refractivity contribution >= 4 is 98.7 Å². The maximum Gasteiger partial charge on any atom is 0.488 e. The summed E-state index contributed by atoms with van der Waals surface area (Å²) in [7, 11) is -3.27. The number of nitrogens with zero attached hydrogens (tertiary/aromatic N) is 8. The lowest BCUT2D eigenvalue weighted by Gasteiger charge is -2.36. The van der Waals surface area contributed by atoms with Crippen molar-refractivity contribution in [3.63, 3.8) is 0 Å². The van der Waals surface area contributed by atoms with Crippen LogP contribution < -0.4 is 21.4 Å². The highest BCUT2D eigenvalue weighted by molar-refractivity contribution is 14.1. The van der Waals surface area contributed by atoms with Crippen molar-refractivity contribution < 1.29 is 19.6 Å². The minimum absolute atomic E-state index is 0.160. The molecule has 4 heterocycles. The molecule has 61 heavy (non-hydrogen) atoms. The summed E-state index contributed by atoms with van der Waals surface area (Å²) in [6, 6.07) is 22.6. The maximum absolute atomic E-state index is 9.63. The quantitative estimate of drug-likeness (QED) is 0.0722. The number of benzene rings is 4. The molecule has 7 N–H and O–H groups in total. The number of phenolic OH excluding ortho intramolecular Hbond substituents is 1. The first-order chi connectivity index (χ1) is 28.7. The third kappa shape index (κ3) is 10.4. The molecule has 0 radical (unpaired) electrons. The van der Waals surface area contributed by atoms with E-state index in [1.165, 1.54) is 12.7 Å². The largest absolute Gasteiger partial charge is 0.543 e. The predicted octanol–water partition coefficient (Wildman–Crippen LogP) is 8.16. The van der Waals surface area contributed by atoms with Gasteiger partial charge in [0.05, 0.1) is 10.8 Å². The van der Waals surface area contributed by atoms with Crippen LogP contribution in [0.3, 0.4) is 0 Å². The van der Waals surface area contributed by atoms with E-state index >= 15 is 0 Å². The molecule has 0 bridgehead atoms. The SMILES string of the molecule is CC(C)(C)[Si](C)(C)Oc1ccc2cc(B(O)O)ccc2c1.CC(C)Cn1nc(-c2ccc3cc(O)ccc3c2)c2c(N)ncnc21.CC(C)Cn1nc(I)c2c(N)ncnc21. The van der Waals surface area contributed by atoms with E-state index in [-0.39, 0.29) is 10.8 Å². The van der Waals surface area contributed by atoms with Crippen LogP contribution in [0.4, 0.5) is 11.6 Å². The van der Waals surface area contributed by atoms with Crippen LogP contribution in [0.25, 0.3) is 54.9 Å². The zero-order valence-electron chi connectivity index (χ0n) is 36.1. The van der Waals surface area contributed by atoms with Gasteiger partial charge >= 0.3 is 7.12 Å². The number of hydrogen-bond donors (Lipinski definition) is 5. The molecule has 0 spiro atoms. The summed E-state index contributed by atoms with van der Waals surface area (Å²) < 4.78 is 10.9. The van der Waals surface area contributed by atoms with Crippen molar-refractivity contribution in [2.24, 2.45) is 11.8 Å². The summed E-state index contributed by atoms with van der Waals surface area (Å²) in [6.45, 7) is 21.3. The first kappa shape index (κ1) is 45.2. The van der Waals surface area contributed by atoms with Gasteiger partial charge in [-0.1, -0.05) is 90.9 Å². The van der Waals surface area contributed by atoms with Gasteiger partial charge in [0.2, 0.25) is 8.32 Å². The minimum atomic E-state index is -1.84. The van der Waals surface area contributed by atoms with Crippen molar-refractivity contribution in [3.05, 3.63) is 89.2 Å². The van der Waals surface area contributed by atoms with E-state index in [1.807, 2.05) is 57.9 Å². The van der Waals surface area contributed by atoms with Crippen molar-refractivity contribution in [1.29, 1.82) is 0 Å². The molecule has 0 fully saturated rings. The van der Waals surface area contributed by atoms with Gasteiger partial charge in [-0.25, -0.2) is 29.3 Å². The average molecular weight is 953 g/mol. The van der Waals surface area contributed by atoms with Gasteiger partial charge in [0.25, 0.3) is 0 Å². The third-order valence-corrected chi connectivity index (χ3v) is 15.7. The second-order valence-corrected chi connectivity index (χ2v) is 23.2. The van der Waals surface area contributed by atoms with E-state index in [0.717, 1.165) is 77.4 Å². The van der Waals surface area contributed by atoms with Gasteiger partial charge in [-0.15, -0.1) is 0 Å². The number of aromatic nitrogens is 8. The number of rotatable bonds is 8. The number of nitrogens with two attached hydrogens (primary N) is 2. The summed E-state index contributed by atoms with van der Waals surface area (Å²) in [5.41, 5.74) is 15.7. The smallest absolute Gasteiger partial charge is 0.488 e. The van der Waals surface area contributed by atoms with Gasteiger partial charge in [0.15, 0.2) is 11.3 Å². The average Bonchev–Trinajstić information content (AvgIpc) is 3.71. The Morgan fingerprint density at radius 2 is 1.23 bits per heavy atom. The van der Waals surface area contributed by atoms with Crippen molar-refractivity contribution in [2.75, 3.05) is 11.5 Å². The lowest BCUT2D eigenvalue weighted by Crippen LogP contribution is -2.43. The number of phenols is 1. The van der Waals surface area contributed by atoms with Gasteiger partial charge < -0.3 is 31.0 Å². The van der Waals surface area contributed by atoms with Crippen LogP contribution in [0.1, 0.15) is 48.5 Å². The van der Waals surface area contributed by atoms with E-state index in [9.17, 15) is 15.2 Å². The predicted molar refractivity (Wildman–Crippen MR) is 258 cm³/mol. The number of nitrogen functional groups attached to an aromatic ring is 2. The summed E-state index contributed by atoms with van der Waals surface area (Å²) in [5.74, 6) is 3.03. The molecule has 4 aromatic carbocycles. The fraction of sp³-hybridized carbons (Fsp3) is 0.318. The normalized spacial score (nSPS) is 11.9. The Hall–Kier alpha value is -5.37. The molecule has 0 saturated carbocycles. The standard InChI is InChI=1S/C19H19N5O.C16H23BO3Si.C9H12IN5/c1-11(2)9-24-19-16(18(20)21-10-22-19)17(23-24)14-4-3-13-8-15(25)6-5-12(13)7-14;1-16(2,3)21(4,5)20-15-9-7-12-10-14(17(18)19)8-6-13(12)11-15;1-5(2)3-15-9-6(7(10)14-15)8(11)12-4-13-9/h3-8,10-11,25H,9H2,1-2H3,(H2,20,21,22);6-11,18-19H,1-5H3;4-5H,3H2,1-2H3,(H2,11,12,13). The maximum atomic E-state index is 9.63. The Morgan fingerprint density at radius 1 is 0.705 bits per heavy atom. The molecule has 0 amide bonds. The molecule has 8 rings (SSSR count). The Kier molecular flexibility index (Phi) is 13.6. The highest BCUT2D eigenvalue weighted by atomic mass is 127. The van der Waals surface area contributed by atoms with Gasteiger partial charge in [-0.2, -0.15) is 10.2 Å². The van der Waals surface area contributed by atoms with Crippen molar-refractivity contribution in [1.82, 2.24) is 39.5 Å². The van der Waals surface area contributed by atoms with E-state index in [2.05, 4.69) is 109 Å². The zero-order chi connectivity index (χ0) is 44.4. The van der Waals surface area contributed by atoms with Gasteiger partial charge in [0.1, 0.15) is 45.2 Å². The molecule has 0 aliphatic heterocycles. The second kappa shape index (κ2) is 18.3. The fourth-order valence-corrected chi connectivity index (χ4v) is 8.26. The highest BCUT2D eigenvalue weighted by Gasteiger charge is 2.39. The molecule has 318 valence electrons. The highest BCUT2D eigenvalue weighted by Crippen LogP contribution is 2.38. The Bertz CT molecular complexity index is 2820. The molecule has 0 aliphatic carbocycles. The first-order valence-corrected chi connectivity index (χ1v) is 24.1. The zero-order valence-corrected chi connectivity index (χ0v) is 39.2. The van der Waals surface area contributed by atoms with Crippen LogP contribution in [0, 0.1) is 15.5 Å². The van der Waals surface area contributed by atoms with E-state index in [0.29, 0.717) is 28.9 Å². The lowest BCUT2D eigenvalue weighted by molar-refractivity contribution is 0.426. The van der Waals surface area contributed by atoms with E-state index in [1.54, 1.807) is 24.3 Å². The molecule has 4 aromatic heterocycles. The van der Waals surface area contributed by atoms with Gasteiger partial charge in [-0.3, -0.25) is 0 Å². The molecule has 0 unspecified atom stereocenters. The number of fused-ring (bicyclic) bond motifs is 4. The summed E-state index contributed by atoms with van der Waals surface area (Å²) in [6.07, 6.45) is 2.95. The monoisotopic (exact) mass is 952 g/mol. The molecule has 17 heteroatoms. The number of halogens is 1. The van der Waals surface area contributed by atoms with Crippen LogP contribution in [0.5, 0.6) is 11.5 Å². The number of aromatic hydroxyl groups is 1. The topological polar surface area (TPSA) is 209 Å². The first-order valence-electron chi connectivity index (χ1n) is 20.1. The molecular formula is C44H54BIN10O4Si. The number of anilines is 2. The molecule has 8 aromatic rings. The van der Waals surface area contributed by atoms with Gasteiger partial charge in [-0.05, 0) is 110 Å². The van der Waals surface area contributed by atoms with Crippen LogP contribution in [-0.4, -0.2) is 70.1 Å². The lowest BCUT2D eigenvalue weighted by atomic mass is 9.79. The minimum Gasteiger partial charge on any atom is -0.543 e. The van der Waals surface area contributed by atoms with E-state index < -0.39 is 15.4 Å². The van der Waals surface area contributed by atoms with Gasteiger partial charge in [0, 0.05) is 18.7 Å². The van der Waals surface area contributed by atoms with E-state index in [4.69, 9.17) is 21.0 Å². The summed E-state index contributed by atoms with van der Waals surface area (Å²) in [4.78, 5) is 16.7. The second-order valence-electron chi connectivity index (χ2n) is 17.5. The van der Waals surface area contributed by atoms with Crippen LogP contribution in [0.2, 0.25) is 18.1 Å². The summed E-state index contributed by atoms with van der Waals surface area (Å²) >= 11 is 2.16. The van der Waals surface area contributed by atoms with Crippen molar-refractivity contribution in [3.8, 4) is 22.8 Å². The fourth-order valence-electron chi connectivity index (χ4n) is 6.46. The van der Waals surface area contributed by atoms with Crippen molar-refractivity contribution in [2.45, 2.75) is 79.7 Å². The number of hydrogen-bond acceptors (Lipinski definition) is 12. The van der Waals surface area contributed by atoms with Crippen LogP contribution >= 0.6 is 22.6 Å². The summed E-state index contributed by atoms with van der Waals surface area (Å²) in [5, 5.41) is 43.1. The Labute approximate surface area is 370 Å². The van der Waals surface area contributed by atoms with Crippen LogP contribution in [0.15, 0.2) is 85.5 Å². The molecular weight excluding hydrogens is 898 g/mol. The molecule has 0 atom stereocenters. The molecule has 0 aliphatic rings. The Balaban J connectivity index is 0.000000158. The molecule has 0 saturated heterocycles. The van der Waals surface area contributed by atoms with Crippen LogP contribution in [-0.2, 0) is 13.1 Å². The Morgan fingerprint density at radius 3 is 1.85 bits per heavy atom. The molecule has 14 nitrogen and oxygen atoms in total. The third-order valence-electron chi connectivity index (χ3n) is 10.6.